The summed E-state index contributed by atoms with van der Waals surface area (Å²) in [4.78, 5) is 76.7. The van der Waals surface area contributed by atoms with Crippen molar-refractivity contribution in [1.82, 2.24) is 0 Å². The number of methoxy groups -OCH3 is 2. The minimum atomic E-state index is -1.77. The van der Waals surface area contributed by atoms with E-state index in [0.29, 0.717) is 0 Å². The highest BCUT2D eigenvalue weighted by Gasteiger charge is 2.46. The first kappa shape index (κ1) is 30.1. The van der Waals surface area contributed by atoms with Gasteiger partial charge in [0.1, 0.15) is 0 Å². The minimum Gasteiger partial charge on any atom is -0.465 e. The molecular formula is C24H30O12. The smallest absolute Gasteiger partial charge is 0.345 e. The molecule has 0 saturated carbocycles. The third-order valence-electron chi connectivity index (χ3n) is 4.76. The van der Waals surface area contributed by atoms with Gasteiger partial charge in [0, 0.05) is 5.57 Å². The van der Waals surface area contributed by atoms with Crippen LogP contribution in [-0.2, 0) is 57.2 Å². The maximum atomic E-state index is 12.8. The highest BCUT2D eigenvalue weighted by molar-refractivity contribution is 6.17. The van der Waals surface area contributed by atoms with Gasteiger partial charge in [-0.05, 0) is 38.8 Å². The van der Waals surface area contributed by atoms with Crippen LogP contribution in [0.15, 0.2) is 34.4 Å². The average molecular weight is 510 g/mol. The number of carbonyl (C=O) groups excluding carboxylic acids is 6. The molecule has 0 spiro atoms. The number of esters is 6. The summed E-state index contributed by atoms with van der Waals surface area (Å²) in [6.07, 6.45) is 2.39. The van der Waals surface area contributed by atoms with Crippen molar-refractivity contribution in [2.45, 2.75) is 27.7 Å². The van der Waals surface area contributed by atoms with Crippen LogP contribution in [0.4, 0.5) is 0 Å². The molecule has 36 heavy (non-hydrogen) atoms. The minimum absolute atomic E-state index is 0.101. The highest BCUT2D eigenvalue weighted by Crippen LogP contribution is 2.40. The molecule has 0 aromatic rings. The molecule has 0 saturated heterocycles. The first-order chi connectivity index (χ1) is 17.1. The van der Waals surface area contributed by atoms with E-state index in [9.17, 15) is 28.8 Å². The molecule has 0 aromatic carbocycles. The van der Waals surface area contributed by atoms with E-state index in [4.69, 9.17) is 28.4 Å². The summed E-state index contributed by atoms with van der Waals surface area (Å²) in [5.41, 5.74) is -1.67. The maximum Gasteiger partial charge on any atom is 0.345 e. The van der Waals surface area contributed by atoms with E-state index in [1.165, 1.54) is 39.8 Å². The van der Waals surface area contributed by atoms with Crippen molar-refractivity contribution in [3.8, 4) is 0 Å². The Kier molecular flexibility index (Phi) is 12.1. The summed E-state index contributed by atoms with van der Waals surface area (Å²) in [5, 5.41) is 0. The van der Waals surface area contributed by atoms with Gasteiger partial charge in [-0.3, -0.25) is 19.2 Å². The van der Waals surface area contributed by atoms with E-state index in [-0.39, 0.29) is 37.6 Å². The number of ether oxygens (including phenoxy) is 6. The van der Waals surface area contributed by atoms with Crippen molar-refractivity contribution in [3.63, 3.8) is 0 Å². The van der Waals surface area contributed by atoms with Gasteiger partial charge < -0.3 is 28.4 Å². The first-order valence-electron chi connectivity index (χ1n) is 11.1. The Hall–Kier alpha value is -3.96. The molecule has 0 radical (unpaired) electrons. The Morgan fingerprint density at radius 3 is 1.08 bits per heavy atom. The Morgan fingerprint density at radius 1 is 0.583 bits per heavy atom. The molecule has 0 N–H and O–H groups in total. The van der Waals surface area contributed by atoms with Crippen molar-refractivity contribution < 1.29 is 57.2 Å². The fraction of sp³-hybridized carbons (Fsp3) is 0.500. The number of carbonyl (C=O) groups is 6. The van der Waals surface area contributed by atoms with Gasteiger partial charge >= 0.3 is 35.8 Å². The van der Waals surface area contributed by atoms with Crippen LogP contribution >= 0.6 is 0 Å². The van der Waals surface area contributed by atoms with Crippen molar-refractivity contribution in [1.29, 1.82) is 0 Å². The predicted molar refractivity (Wildman–Crippen MR) is 121 cm³/mol. The maximum absolute atomic E-state index is 12.8. The summed E-state index contributed by atoms with van der Waals surface area (Å²) >= 11 is 0. The standard InChI is InChI=1S/C24H30O12/c1-7-33-21(27)16(22(28)34-8-2)13-11-12-14(15(13)18(19(25)31-5)20(26)32-6)17(23(29)35-9-3)24(30)36-10-4/h11-12,16-17H,7-10H2,1-6H3. The lowest BCUT2D eigenvalue weighted by atomic mass is 9.83. The van der Waals surface area contributed by atoms with Gasteiger partial charge in [0.05, 0.1) is 40.6 Å². The molecule has 1 rings (SSSR count). The van der Waals surface area contributed by atoms with E-state index >= 15 is 0 Å². The third kappa shape index (κ3) is 6.80. The molecule has 1 aliphatic rings. The summed E-state index contributed by atoms with van der Waals surface area (Å²) in [6.45, 7) is 5.63. The third-order valence-corrected chi connectivity index (χ3v) is 4.76. The second-order valence-electron chi connectivity index (χ2n) is 6.85. The molecule has 1 aliphatic carbocycles. The average Bonchev–Trinajstić information content (AvgIpc) is 3.23. The fourth-order valence-corrected chi connectivity index (χ4v) is 3.38. The van der Waals surface area contributed by atoms with Crippen LogP contribution in [-0.4, -0.2) is 76.5 Å². The summed E-state index contributed by atoms with van der Waals surface area (Å²) in [6, 6.07) is 0. The molecule has 0 bridgehead atoms. The summed E-state index contributed by atoms with van der Waals surface area (Å²) in [5.74, 6) is -10.2. The zero-order valence-electron chi connectivity index (χ0n) is 21.0. The Morgan fingerprint density at radius 2 is 0.861 bits per heavy atom. The van der Waals surface area contributed by atoms with Gasteiger partial charge in [-0.15, -0.1) is 0 Å². The highest BCUT2D eigenvalue weighted by atomic mass is 16.6. The summed E-state index contributed by atoms with van der Waals surface area (Å²) < 4.78 is 29.5. The Labute approximate surface area is 208 Å². The lowest BCUT2D eigenvalue weighted by Crippen LogP contribution is -2.34. The van der Waals surface area contributed by atoms with Crippen LogP contribution in [0.5, 0.6) is 0 Å². The van der Waals surface area contributed by atoms with E-state index in [0.717, 1.165) is 14.2 Å². The molecule has 0 unspecified atom stereocenters. The van der Waals surface area contributed by atoms with E-state index in [1.54, 1.807) is 0 Å². The van der Waals surface area contributed by atoms with E-state index < -0.39 is 58.8 Å². The van der Waals surface area contributed by atoms with Gasteiger partial charge in [-0.1, -0.05) is 12.2 Å². The van der Waals surface area contributed by atoms with Crippen LogP contribution in [0.1, 0.15) is 27.7 Å². The van der Waals surface area contributed by atoms with Gasteiger partial charge in [-0.2, -0.15) is 0 Å². The SMILES string of the molecule is CCOC(=O)C(C(=O)OCC)C1=CC=C(C(C(=O)OCC)C(=O)OCC)C1=C(C(=O)OC)C(=O)OC. The number of hydrogen-bond acceptors (Lipinski definition) is 12. The van der Waals surface area contributed by atoms with Crippen LogP contribution in [0.25, 0.3) is 0 Å². The van der Waals surface area contributed by atoms with Crippen LogP contribution in [0.2, 0.25) is 0 Å². The second kappa shape index (κ2) is 14.4. The zero-order valence-corrected chi connectivity index (χ0v) is 21.0. The lowest BCUT2D eigenvalue weighted by molar-refractivity contribution is -0.160. The van der Waals surface area contributed by atoms with Crippen molar-refractivity contribution >= 4 is 35.8 Å². The number of hydrogen-bond donors (Lipinski definition) is 0. The van der Waals surface area contributed by atoms with Gasteiger partial charge in [0.15, 0.2) is 17.4 Å². The Balaban J connectivity index is 3.99. The molecule has 0 fully saturated rings. The lowest BCUT2D eigenvalue weighted by Gasteiger charge is -2.23. The molecule has 198 valence electrons. The van der Waals surface area contributed by atoms with Gasteiger partial charge in [-0.25, -0.2) is 9.59 Å². The molecule has 0 aromatic heterocycles. The number of rotatable bonds is 12. The molecule has 0 aliphatic heterocycles. The molecular weight excluding hydrogens is 480 g/mol. The predicted octanol–water partition coefficient (Wildman–Crippen LogP) is 0.980. The van der Waals surface area contributed by atoms with Crippen molar-refractivity contribution in [2.75, 3.05) is 40.6 Å². The van der Waals surface area contributed by atoms with Crippen LogP contribution in [0.3, 0.4) is 0 Å². The molecule has 12 nitrogen and oxygen atoms in total. The normalized spacial score (nSPS) is 12.4. The molecule has 0 amide bonds. The fourth-order valence-electron chi connectivity index (χ4n) is 3.38. The molecule has 0 heterocycles. The largest absolute Gasteiger partial charge is 0.465 e. The molecule has 12 heteroatoms. The topological polar surface area (TPSA) is 158 Å². The van der Waals surface area contributed by atoms with Gasteiger partial charge in [0.25, 0.3) is 0 Å². The molecule has 0 atom stereocenters. The first-order valence-corrected chi connectivity index (χ1v) is 11.1. The monoisotopic (exact) mass is 510 g/mol. The second-order valence-corrected chi connectivity index (χ2v) is 6.85. The van der Waals surface area contributed by atoms with Crippen molar-refractivity contribution in [2.24, 2.45) is 11.8 Å². The Bertz CT molecular complexity index is 873. The number of allylic oxidation sites excluding steroid dienone is 3. The quantitative estimate of drug-likeness (QED) is 0.121. The van der Waals surface area contributed by atoms with E-state index in [1.807, 2.05) is 0 Å². The van der Waals surface area contributed by atoms with Crippen LogP contribution < -0.4 is 0 Å². The van der Waals surface area contributed by atoms with Crippen LogP contribution in [0, 0.1) is 11.8 Å². The van der Waals surface area contributed by atoms with E-state index in [2.05, 4.69) is 0 Å². The zero-order chi connectivity index (χ0) is 27.4. The summed E-state index contributed by atoms with van der Waals surface area (Å²) in [7, 11) is 1.96. The van der Waals surface area contributed by atoms with Crippen molar-refractivity contribution in [3.05, 3.63) is 34.4 Å². The van der Waals surface area contributed by atoms with Gasteiger partial charge in [0.2, 0.25) is 0 Å².